The Balaban J connectivity index is 1.93. The van der Waals surface area contributed by atoms with Gasteiger partial charge in [0.25, 0.3) is 5.91 Å². The van der Waals surface area contributed by atoms with E-state index in [9.17, 15) is 9.59 Å². The van der Waals surface area contributed by atoms with Crippen LogP contribution in [-0.2, 0) is 20.9 Å². The molecular weight excluding hydrogens is 354 g/mol. The van der Waals surface area contributed by atoms with E-state index >= 15 is 0 Å². The lowest BCUT2D eigenvalue weighted by Crippen LogP contribution is -2.34. The van der Waals surface area contributed by atoms with Gasteiger partial charge in [-0.05, 0) is 26.3 Å². The molecule has 1 aliphatic rings. The molecule has 1 atom stereocenters. The molecule has 7 nitrogen and oxygen atoms in total. The van der Waals surface area contributed by atoms with Crippen LogP contribution >= 0.6 is 11.8 Å². The third-order valence-corrected chi connectivity index (χ3v) is 4.65. The topological polar surface area (TPSA) is 80.2 Å². The zero-order chi connectivity index (χ0) is 19.3. The smallest absolute Gasteiger partial charge is 0.407 e. The molecule has 0 spiro atoms. The van der Waals surface area contributed by atoms with Gasteiger partial charge in [-0.2, -0.15) is 0 Å². The quantitative estimate of drug-likeness (QED) is 0.796. The largest absolute Gasteiger partial charge is 0.444 e. The molecule has 0 bridgehead atoms. The van der Waals surface area contributed by atoms with Crippen molar-refractivity contribution in [3.8, 4) is 0 Å². The first-order valence-electron chi connectivity index (χ1n) is 8.28. The summed E-state index contributed by atoms with van der Waals surface area (Å²) in [6.45, 7) is 5.85. The fraction of sp³-hybridized carbons (Fsp3) is 0.500. The maximum atomic E-state index is 12.1. The van der Waals surface area contributed by atoms with Gasteiger partial charge in [-0.3, -0.25) is 14.6 Å². The van der Waals surface area contributed by atoms with E-state index < -0.39 is 17.7 Å². The lowest BCUT2D eigenvalue weighted by Gasteiger charge is -2.19. The van der Waals surface area contributed by atoms with E-state index in [-0.39, 0.29) is 5.91 Å². The first kappa shape index (κ1) is 20.3. The predicted molar refractivity (Wildman–Crippen MR) is 102 cm³/mol. The lowest BCUT2D eigenvalue weighted by atomic mass is 10.1. The molecule has 0 aliphatic carbocycles. The molecule has 2 amide bonds. The molecular formula is C18H25N3O4S. The lowest BCUT2D eigenvalue weighted by molar-refractivity contribution is -0.169. The molecule has 1 aromatic carbocycles. The van der Waals surface area contributed by atoms with E-state index in [1.54, 1.807) is 18.8 Å². The summed E-state index contributed by atoms with van der Waals surface area (Å²) >= 11 is 1.55. The number of aliphatic imine (C=N–C) groups is 1. The van der Waals surface area contributed by atoms with Crippen LogP contribution in [0.3, 0.4) is 0 Å². The Morgan fingerprint density at radius 1 is 1.31 bits per heavy atom. The van der Waals surface area contributed by atoms with Gasteiger partial charge in [0.15, 0.2) is 0 Å². The molecule has 2 rings (SSSR count). The summed E-state index contributed by atoms with van der Waals surface area (Å²) in [6.07, 6.45) is -0.444. The van der Waals surface area contributed by atoms with Gasteiger partial charge in [0.05, 0.1) is 12.2 Å². The number of likely N-dealkylation sites (N-methyl/N-ethyl adjacent to an activating group) is 1. The highest BCUT2D eigenvalue weighted by atomic mass is 32.2. The highest BCUT2D eigenvalue weighted by Crippen LogP contribution is 2.24. The van der Waals surface area contributed by atoms with Crippen molar-refractivity contribution in [3.05, 3.63) is 35.4 Å². The maximum absolute atomic E-state index is 12.1. The second-order valence-corrected chi connectivity index (χ2v) is 7.84. The van der Waals surface area contributed by atoms with E-state index in [4.69, 9.17) is 9.57 Å². The molecule has 0 unspecified atom stereocenters. The van der Waals surface area contributed by atoms with Crippen LogP contribution in [0.15, 0.2) is 29.3 Å². The van der Waals surface area contributed by atoms with Crippen LogP contribution in [0.1, 0.15) is 31.9 Å². The second kappa shape index (κ2) is 8.55. The minimum absolute atomic E-state index is 0.159. The molecule has 1 heterocycles. The zero-order valence-electron chi connectivity index (χ0n) is 15.7. The van der Waals surface area contributed by atoms with Crippen LogP contribution in [0, 0.1) is 0 Å². The van der Waals surface area contributed by atoms with Gasteiger partial charge < -0.3 is 10.1 Å². The normalized spacial score (nSPS) is 16.8. The molecule has 1 N–H and O–H groups in total. The minimum atomic E-state index is -0.517. The van der Waals surface area contributed by atoms with Crippen molar-refractivity contribution in [2.75, 3.05) is 19.9 Å². The Bertz CT molecular complexity index is 683. The van der Waals surface area contributed by atoms with Gasteiger partial charge in [-0.15, -0.1) is 11.8 Å². The SMILES string of the molecule is CON(C)C(=O)[C@@H]1CSC(c2ccc(CNC(=O)OC(C)(C)C)cc2)=N1. The molecule has 142 valence electrons. The first-order chi connectivity index (χ1) is 12.2. The molecule has 1 aromatic rings. The van der Waals surface area contributed by atoms with E-state index in [0.717, 1.165) is 16.2 Å². The Kier molecular flexibility index (Phi) is 6.66. The molecule has 1 aliphatic heterocycles. The third-order valence-electron chi connectivity index (χ3n) is 3.56. The number of hydroxylamine groups is 2. The van der Waals surface area contributed by atoms with Gasteiger partial charge >= 0.3 is 6.09 Å². The van der Waals surface area contributed by atoms with Gasteiger partial charge in [-0.25, -0.2) is 9.86 Å². The summed E-state index contributed by atoms with van der Waals surface area (Å²) in [5, 5.41) is 4.76. The first-order valence-corrected chi connectivity index (χ1v) is 9.26. The number of hydrogen-bond acceptors (Lipinski definition) is 6. The monoisotopic (exact) mass is 379 g/mol. The number of nitrogens with zero attached hydrogens (tertiary/aromatic N) is 2. The highest BCUT2D eigenvalue weighted by Gasteiger charge is 2.28. The molecule has 0 radical (unpaired) electrons. The van der Waals surface area contributed by atoms with E-state index in [1.165, 1.54) is 12.2 Å². The van der Waals surface area contributed by atoms with Gasteiger partial charge in [0, 0.05) is 24.9 Å². The number of carbonyl (C=O) groups excluding carboxylic acids is 2. The molecule has 0 saturated carbocycles. The van der Waals surface area contributed by atoms with Gasteiger partial charge in [0.1, 0.15) is 11.6 Å². The maximum Gasteiger partial charge on any atom is 0.407 e. The third kappa shape index (κ3) is 5.74. The summed E-state index contributed by atoms with van der Waals surface area (Å²) in [5.41, 5.74) is 1.39. The standard InChI is InChI=1S/C18H25N3O4S/c1-18(2,3)25-17(23)19-10-12-6-8-13(9-7-12)15-20-14(11-26-15)16(22)21(4)24-5/h6-9,14H,10-11H2,1-5H3,(H,19,23)/t14-/m0/s1. The fourth-order valence-electron chi connectivity index (χ4n) is 2.21. The van der Waals surface area contributed by atoms with E-state index in [2.05, 4.69) is 10.3 Å². The van der Waals surface area contributed by atoms with Crippen molar-refractivity contribution in [1.82, 2.24) is 10.4 Å². The van der Waals surface area contributed by atoms with Crippen LogP contribution in [0.4, 0.5) is 4.79 Å². The van der Waals surface area contributed by atoms with Crippen LogP contribution in [0.25, 0.3) is 0 Å². The van der Waals surface area contributed by atoms with Crippen molar-refractivity contribution >= 4 is 28.8 Å². The van der Waals surface area contributed by atoms with Crippen molar-refractivity contribution in [2.45, 2.75) is 39.0 Å². The van der Waals surface area contributed by atoms with Crippen LogP contribution in [0.5, 0.6) is 0 Å². The summed E-state index contributed by atoms with van der Waals surface area (Å²) in [5.74, 6) is 0.442. The number of benzene rings is 1. The van der Waals surface area contributed by atoms with E-state index in [1.807, 2.05) is 45.0 Å². The number of rotatable bonds is 5. The van der Waals surface area contributed by atoms with Gasteiger partial charge in [0.2, 0.25) is 0 Å². The summed E-state index contributed by atoms with van der Waals surface area (Å²) in [7, 11) is 3.03. The average molecular weight is 379 g/mol. The summed E-state index contributed by atoms with van der Waals surface area (Å²) < 4.78 is 5.21. The number of amides is 2. The predicted octanol–water partition coefficient (Wildman–Crippen LogP) is 2.59. The Morgan fingerprint density at radius 3 is 2.54 bits per heavy atom. The van der Waals surface area contributed by atoms with Gasteiger partial charge in [-0.1, -0.05) is 24.3 Å². The Labute approximate surface area is 158 Å². The molecule has 0 saturated heterocycles. The van der Waals surface area contributed by atoms with Crippen molar-refractivity contribution < 1.29 is 19.2 Å². The minimum Gasteiger partial charge on any atom is -0.444 e. The molecule has 0 fully saturated rings. The molecule has 8 heteroatoms. The summed E-state index contributed by atoms with van der Waals surface area (Å²) in [4.78, 5) is 33.2. The van der Waals surface area contributed by atoms with E-state index in [0.29, 0.717) is 12.3 Å². The van der Waals surface area contributed by atoms with Crippen LogP contribution in [-0.4, -0.2) is 53.7 Å². The number of hydrogen-bond donors (Lipinski definition) is 1. The van der Waals surface area contributed by atoms with Crippen molar-refractivity contribution in [2.24, 2.45) is 4.99 Å². The van der Waals surface area contributed by atoms with Crippen LogP contribution < -0.4 is 5.32 Å². The second-order valence-electron chi connectivity index (χ2n) is 6.83. The number of carbonyl (C=O) groups is 2. The fourth-order valence-corrected chi connectivity index (χ4v) is 3.25. The number of nitrogens with one attached hydrogen (secondary N) is 1. The number of thioether (sulfide) groups is 1. The summed E-state index contributed by atoms with van der Waals surface area (Å²) in [6, 6.07) is 7.29. The average Bonchev–Trinajstić information content (AvgIpc) is 3.07. The van der Waals surface area contributed by atoms with Crippen LogP contribution in [0.2, 0.25) is 0 Å². The Hall–Kier alpha value is -2.06. The highest BCUT2D eigenvalue weighted by molar-refractivity contribution is 8.14. The Morgan fingerprint density at radius 2 is 1.96 bits per heavy atom. The number of alkyl carbamates (subject to hydrolysis) is 1. The van der Waals surface area contributed by atoms with Crippen molar-refractivity contribution in [1.29, 1.82) is 0 Å². The van der Waals surface area contributed by atoms with Crippen molar-refractivity contribution in [3.63, 3.8) is 0 Å². The number of ether oxygens (including phenoxy) is 1. The zero-order valence-corrected chi connectivity index (χ0v) is 16.6. The molecule has 26 heavy (non-hydrogen) atoms. The molecule has 0 aromatic heterocycles.